The summed E-state index contributed by atoms with van der Waals surface area (Å²) in [4.78, 5) is 11.2. The van der Waals surface area contributed by atoms with Crippen LogP contribution in [0.5, 0.6) is 0 Å². The highest BCUT2D eigenvalue weighted by atomic mass is 19.1. The molecular weight excluding hydrogens is 239 g/mol. The van der Waals surface area contributed by atoms with Crippen molar-refractivity contribution < 1.29 is 24.1 Å². The number of benzene rings is 1. The van der Waals surface area contributed by atoms with Crippen LogP contribution in [0.1, 0.15) is 30.6 Å². The summed E-state index contributed by atoms with van der Waals surface area (Å²) < 4.78 is 18.1. The molecule has 0 aliphatic heterocycles. The fourth-order valence-electron chi connectivity index (χ4n) is 1.60. The quantitative estimate of drug-likeness (QED) is 0.783. The van der Waals surface area contributed by atoms with E-state index in [4.69, 9.17) is 0 Å². The molecule has 2 unspecified atom stereocenters. The van der Waals surface area contributed by atoms with Crippen molar-refractivity contribution in [1.82, 2.24) is 0 Å². The lowest BCUT2D eigenvalue weighted by Crippen LogP contribution is -2.24. The molecule has 0 amide bonds. The number of aryl methyl sites for hydroxylation is 1. The van der Waals surface area contributed by atoms with E-state index < -0.39 is 24.0 Å². The smallest absolute Gasteiger partial charge is 0.308 e. The summed E-state index contributed by atoms with van der Waals surface area (Å²) >= 11 is 0. The lowest BCUT2D eigenvalue weighted by Gasteiger charge is -2.18. The van der Waals surface area contributed by atoms with E-state index in [1.54, 1.807) is 19.9 Å². The molecule has 1 aromatic carbocycles. The Balaban J connectivity index is 2.76. The van der Waals surface area contributed by atoms with Crippen molar-refractivity contribution in [3.8, 4) is 0 Å². The van der Waals surface area contributed by atoms with E-state index in [0.717, 1.165) is 5.56 Å². The van der Waals surface area contributed by atoms with Gasteiger partial charge in [-0.2, -0.15) is 0 Å². The number of aliphatic hydroxyl groups excluding tert-OH is 2. The summed E-state index contributed by atoms with van der Waals surface area (Å²) in [5.74, 6) is -1.24. The number of ether oxygens (including phenoxy) is 1. The number of hydrogen-bond acceptors (Lipinski definition) is 4. The van der Waals surface area contributed by atoms with Crippen LogP contribution in [0.3, 0.4) is 0 Å². The van der Waals surface area contributed by atoms with Crippen molar-refractivity contribution in [3.63, 3.8) is 0 Å². The number of rotatable bonds is 5. The molecule has 0 aliphatic rings. The zero-order valence-corrected chi connectivity index (χ0v) is 10.4. The molecule has 5 heteroatoms. The van der Waals surface area contributed by atoms with E-state index in [2.05, 4.69) is 4.74 Å². The van der Waals surface area contributed by atoms with Crippen molar-refractivity contribution in [3.05, 3.63) is 35.1 Å². The number of carbonyl (C=O) groups excluding carboxylic acids is 1. The zero-order chi connectivity index (χ0) is 13.7. The minimum absolute atomic E-state index is 0.0215. The molecule has 0 saturated carbocycles. The number of aliphatic hydroxyl groups is 2. The van der Waals surface area contributed by atoms with E-state index in [1.165, 1.54) is 12.1 Å². The van der Waals surface area contributed by atoms with Gasteiger partial charge >= 0.3 is 5.97 Å². The van der Waals surface area contributed by atoms with Gasteiger partial charge in [0.2, 0.25) is 0 Å². The molecule has 0 aromatic heterocycles. The predicted molar refractivity (Wildman–Crippen MR) is 63.4 cm³/mol. The molecule has 0 saturated heterocycles. The molecule has 2 atom stereocenters. The third-order valence-electron chi connectivity index (χ3n) is 2.52. The molecule has 0 radical (unpaired) electrons. The number of halogens is 1. The van der Waals surface area contributed by atoms with E-state index >= 15 is 0 Å². The van der Waals surface area contributed by atoms with Crippen LogP contribution >= 0.6 is 0 Å². The summed E-state index contributed by atoms with van der Waals surface area (Å²) in [5.41, 5.74) is 0.737. The van der Waals surface area contributed by atoms with Gasteiger partial charge in [-0.05, 0) is 19.9 Å². The van der Waals surface area contributed by atoms with E-state index in [0.29, 0.717) is 0 Å². The van der Waals surface area contributed by atoms with Crippen LogP contribution in [0.15, 0.2) is 18.2 Å². The van der Waals surface area contributed by atoms with Crippen molar-refractivity contribution in [2.45, 2.75) is 32.5 Å². The Morgan fingerprint density at radius 2 is 2.11 bits per heavy atom. The van der Waals surface area contributed by atoms with Gasteiger partial charge in [0.05, 0.1) is 19.1 Å². The van der Waals surface area contributed by atoms with Crippen LogP contribution in [0, 0.1) is 12.7 Å². The third-order valence-corrected chi connectivity index (χ3v) is 2.52. The number of esters is 1. The Morgan fingerprint density at radius 1 is 1.44 bits per heavy atom. The van der Waals surface area contributed by atoms with Crippen molar-refractivity contribution in [2.75, 3.05) is 6.61 Å². The maximum atomic E-state index is 13.5. The standard InChI is InChI=1S/C13H17FO4/c1-3-18-12(16)7-11(15)13(17)9-6-8(2)4-5-10(9)14/h4-6,11,13,15,17H,3,7H2,1-2H3. The maximum Gasteiger partial charge on any atom is 0.308 e. The third kappa shape index (κ3) is 3.78. The van der Waals surface area contributed by atoms with Gasteiger partial charge in [0.15, 0.2) is 0 Å². The first-order valence-electron chi connectivity index (χ1n) is 5.73. The molecule has 2 N–H and O–H groups in total. The fraction of sp³-hybridized carbons (Fsp3) is 0.462. The van der Waals surface area contributed by atoms with E-state index in [9.17, 15) is 19.4 Å². The molecule has 1 rings (SSSR count). The molecule has 1 aromatic rings. The highest BCUT2D eigenvalue weighted by molar-refractivity contribution is 5.70. The molecule has 0 spiro atoms. The Hall–Kier alpha value is -1.46. The second kappa shape index (κ2) is 6.47. The minimum Gasteiger partial charge on any atom is -0.466 e. The molecule has 0 fully saturated rings. The van der Waals surface area contributed by atoms with Crippen LogP contribution in [0.2, 0.25) is 0 Å². The number of hydrogen-bond donors (Lipinski definition) is 2. The maximum absolute atomic E-state index is 13.5. The van der Waals surface area contributed by atoms with Crippen molar-refractivity contribution >= 4 is 5.97 Å². The van der Waals surface area contributed by atoms with Gasteiger partial charge in [0, 0.05) is 5.56 Å². The van der Waals surface area contributed by atoms with Crippen LogP contribution in [-0.4, -0.2) is 28.9 Å². The zero-order valence-electron chi connectivity index (χ0n) is 10.4. The SMILES string of the molecule is CCOC(=O)CC(O)C(O)c1cc(C)ccc1F. The fourth-order valence-corrected chi connectivity index (χ4v) is 1.60. The van der Waals surface area contributed by atoms with Gasteiger partial charge in [-0.15, -0.1) is 0 Å². The summed E-state index contributed by atoms with van der Waals surface area (Å²) in [7, 11) is 0. The molecular formula is C13H17FO4. The van der Waals surface area contributed by atoms with Crippen molar-refractivity contribution in [1.29, 1.82) is 0 Å². The first-order valence-corrected chi connectivity index (χ1v) is 5.73. The van der Waals surface area contributed by atoms with Gasteiger partial charge in [-0.3, -0.25) is 4.79 Å². The van der Waals surface area contributed by atoms with Crippen LogP contribution in [-0.2, 0) is 9.53 Å². The van der Waals surface area contributed by atoms with Crippen LogP contribution in [0.4, 0.5) is 4.39 Å². The van der Waals surface area contributed by atoms with E-state index in [-0.39, 0.29) is 18.6 Å². The first kappa shape index (κ1) is 14.6. The monoisotopic (exact) mass is 256 g/mol. The predicted octanol–water partition coefficient (Wildman–Crippen LogP) is 1.48. The first-order chi connectivity index (χ1) is 8.45. The minimum atomic E-state index is -1.45. The summed E-state index contributed by atoms with van der Waals surface area (Å²) in [5, 5.41) is 19.5. The largest absolute Gasteiger partial charge is 0.466 e. The second-order valence-corrected chi connectivity index (χ2v) is 4.05. The molecule has 100 valence electrons. The summed E-state index contributed by atoms with van der Waals surface area (Å²) in [6.45, 7) is 3.58. The Morgan fingerprint density at radius 3 is 2.72 bits per heavy atom. The van der Waals surface area contributed by atoms with Gasteiger partial charge in [0.1, 0.15) is 11.9 Å². The summed E-state index contributed by atoms with van der Waals surface area (Å²) in [6, 6.07) is 4.21. The lowest BCUT2D eigenvalue weighted by molar-refractivity contribution is -0.147. The second-order valence-electron chi connectivity index (χ2n) is 4.05. The van der Waals surface area contributed by atoms with Gasteiger partial charge in [-0.25, -0.2) is 4.39 Å². The van der Waals surface area contributed by atoms with Crippen molar-refractivity contribution in [2.24, 2.45) is 0 Å². The van der Waals surface area contributed by atoms with Crippen LogP contribution < -0.4 is 0 Å². The highest BCUT2D eigenvalue weighted by Crippen LogP contribution is 2.23. The topological polar surface area (TPSA) is 66.8 Å². The number of carbonyl (C=O) groups is 1. The Labute approximate surface area is 105 Å². The molecule has 0 heterocycles. The Kier molecular flexibility index (Phi) is 5.25. The van der Waals surface area contributed by atoms with Crippen LogP contribution in [0.25, 0.3) is 0 Å². The molecule has 0 bridgehead atoms. The lowest BCUT2D eigenvalue weighted by atomic mass is 10.00. The Bertz CT molecular complexity index is 419. The molecule has 0 aliphatic carbocycles. The highest BCUT2D eigenvalue weighted by Gasteiger charge is 2.24. The van der Waals surface area contributed by atoms with Gasteiger partial charge in [-0.1, -0.05) is 17.7 Å². The van der Waals surface area contributed by atoms with E-state index in [1.807, 2.05) is 0 Å². The average molecular weight is 256 g/mol. The summed E-state index contributed by atoms with van der Waals surface area (Å²) in [6.07, 6.45) is -3.21. The molecule has 4 nitrogen and oxygen atoms in total. The molecule has 18 heavy (non-hydrogen) atoms. The normalized spacial score (nSPS) is 14.1. The van der Waals surface area contributed by atoms with Gasteiger partial charge < -0.3 is 14.9 Å². The van der Waals surface area contributed by atoms with Gasteiger partial charge in [0.25, 0.3) is 0 Å². The average Bonchev–Trinajstić information content (AvgIpc) is 2.31.